The molecule has 0 aliphatic heterocycles. The Morgan fingerprint density at radius 1 is 1.05 bits per heavy atom. The van der Waals surface area contributed by atoms with E-state index in [1.807, 2.05) is 0 Å². The van der Waals surface area contributed by atoms with E-state index in [-0.39, 0.29) is 0 Å². The Morgan fingerprint density at radius 2 is 1.68 bits per heavy atom. The fraction of sp³-hybridized carbons (Fsp3) is 0.353. The Kier molecular flexibility index (Phi) is 4.56. The number of rotatable bonds is 4. The van der Waals surface area contributed by atoms with Crippen LogP contribution in [0.3, 0.4) is 0 Å². The van der Waals surface area contributed by atoms with Gasteiger partial charge in [-0.05, 0) is 49.1 Å². The monoisotopic (exact) mass is 254 g/mol. The van der Waals surface area contributed by atoms with E-state index in [9.17, 15) is 0 Å². The van der Waals surface area contributed by atoms with Gasteiger partial charge in [-0.3, -0.25) is 4.99 Å². The molecule has 0 atom stereocenters. The predicted molar refractivity (Wildman–Crippen MR) is 84.2 cm³/mol. The molecule has 2 nitrogen and oxygen atoms in total. The molecule has 19 heavy (non-hydrogen) atoms. The first-order valence-electron chi connectivity index (χ1n) is 6.86. The minimum Gasteiger partial charge on any atom is -0.378 e. The van der Waals surface area contributed by atoms with E-state index in [0.717, 1.165) is 18.7 Å². The molecule has 0 N–H and O–H groups in total. The van der Waals surface area contributed by atoms with Gasteiger partial charge in [-0.25, -0.2) is 0 Å². The molecule has 0 bridgehead atoms. The summed E-state index contributed by atoms with van der Waals surface area (Å²) in [5.41, 5.74) is 3.71. The van der Waals surface area contributed by atoms with E-state index < -0.39 is 0 Å². The topological polar surface area (TPSA) is 15.6 Å². The standard InChI is InChI=1S/C17H22N2/c1-4-18-16-9-5-14(6-10-16)13-15-7-11-17(12-8-15)19(2)3/h5-12,14H,4,13H2,1-3H3. The van der Waals surface area contributed by atoms with Crippen molar-refractivity contribution in [2.75, 3.05) is 25.5 Å². The number of hydrogen-bond acceptors (Lipinski definition) is 2. The Hall–Kier alpha value is -1.83. The van der Waals surface area contributed by atoms with Crippen molar-refractivity contribution >= 4 is 11.4 Å². The number of nitrogens with zero attached hydrogens (tertiary/aromatic N) is 2. The lowest BCUT2D eigenvalue weighted by Crippen LogP contribution is -2.09. The average molecular weight is 254 g/mol. The van der Waals surface area contributed by atoms with Crippen LogP contribution in [0.15, 0.2) is 53.6 Å². The van der Waals surface area contributed by atoms with Gasteiger partial charge in [0.15, 0.2) is 0 Å². The molecule has 0 amide bonds. The second-order valence-electron chi connectivity index (χ2n) is 5.05. The van der Waals surface area contributed by atoms with Crippen LogP contribution >= 0.6 is 0 Å². The van der Waals surface area contributed by atoms with Crippen molar-refractivity contribution in [3.05, 3.63) is 54.1 Å². The zero-order valence-electron chi connectivity index (χ0n) is 12.0. The first-order valence-corrected chi connectivity index (χ1v) is 6.86. The molecular weight excluding hydrogens is 232 g/mol. The van der Waals surface area contributed by atoms with Gasteiger partial charge in [0.05, 0.1) is 5.71 Å². The molecule has 1 aromatic carbocycles. The summed E-state index contributed by atoms with van der Waals surface area (Å²) in [7, 11) is 4.13. The maximum absolute atomic E-state index is 4.39. The largest absolute Gasteiger partial charge is 0.378 e. The highest BCUT2D eigenvalue weighted by molar-refractivity contribution is 6.04. The summed E-state index contributed by atoms with van der Waals surface area (Å²) in [6.07, 6.45) is 9.80. The van der Waals surface area contributed by atoms with Crippen LogP contribution in [0.2, 0.25) is 0 Å². The average Bonchev–Trinajstić information content (AvgIpc) is 2.42. The Labute approximate surface area is 116 Å². The minimum atomic E-state index is 0.487. The summed E-state index contributed by atoms with van der Waals surface area (Å²) >= 11 is 0. The van der Waals surface area contributed by atoms with Crippen LogP contribution in [-0.2, 0) is 6.42 Å². The molecule has 0 radical (unpaired) electrons. The molecule has 2 rings (SSSR count). The summed E-state index contributed by atoms with van der Waals surface area (Å²) in [4.78, 5) is 6.52. The number of hydrogen-bond donors (Lipinski definition) is 0. The quantitative estimate of drug-likeness (QED) is 0.803. The highest BCUT2D eigenvalue weighted by Crippen LogP contribution is 2.18. The molecular formula is C17H22N2. The second kappa shape index (κ2) is 6.37. The van der Waals surface area contributed by atoms with Gasteiger partial charge in [0.25, 0.3) is 0 Å². The summed E-state index contributed by atoms with van der Waals surface area (Å²) < 4.78 is 0. The van der Waals surface area contributed by atoms with Gasteiger partial charge >= 0.3 is 0 Å². The van der Waals surface area contributed by atoms with Crippen LogP contribution in [0.4, 0.5) is 5.69 Å². The zero-order chi connectivity index (χ0) is 13.7. The van der Waals surface area contributed by atoms with Gasteiger partial charge < -0.3 is 4.90 Å². The van der Waals surface area contributed by atoms with Crippen molar-refractivity contribution in [1.29, 1.82) is 0 Å². The second-order valence-corrected chi connectivity index (χ2v) is 5.05. The van der Waals surface area contributed by atoms with Gasteiger partial charge in [0.2, 0.25) is 0 Å². The molecule has 0 spiro atoms. The normalized spacial score (nSPS) is 17.6. The number of allylic oxidation sites excluding steroid dienone is 4. The molecule has 2 heteroatoms. The smallest absolute Gasteiger partial charge is 0.0568 e. The maximum Gasteiger partial charge on any atom is 0.0568 e. The Bertz CT molecular complexity index is 476. The van der Waals surface area contributed by atoms with Crippen LogP contribution in [0.1, 0.15) is 12.5 Å². The van der Waals surface area contributed by atoms with E-state index >= 15 is 0 Å². The van der Waals surface area contributed by atoms with Crippen molar-refractivity contribution in [3.8, 4) is 0 Å². The van der Waals surface area contributed by atoms with Crippen LogP contribution in [-0.4, -0.2) is 26.4 Å². The molecule has 0 unspecified atom stereocenters. The third-order valence-corrected chi connectivity index (χ3v) is 3.29. The van der Waals surface area contributed by atoms with Gasteiger partial charge in [-0.15, -0.1) is 0 Å². The van der Waals surface area contributed by atoms with Gasteiger partial charge in [-0.1, -0.05) is 24.3 Å². The van der Waals surface area contributed by atoms with Crippen molar-refractivity contribution in [2.24, 2.45) is 10.9 Å². The van der Waals surface area contributed by atoms with Gasteiger partial charge in [0.1, 0.15) is 0 Å². The SMILES string of the molecule is CCN=C1C=CC(Cc2ccc(N(C)C)cc2)C=C1. The maximum atomic E-state index is 4.39. The Morgan fingerprint density at radius 3 is 2.21 bits per heavy atom. The van der Waals surface area contributed by atoms with E-state index in [4.69, 9.17) is 0 Å². The molecule has 0 aromatic heterocycles. The van der Waals surface area contributed by atoms with Crippen molar-refractivity contribution in [2.45, 2.75) is 13.3 Å². The van der Waals surface area contributed by atoms with E-state index in [0.29, 0.717) is 5.92 Å². The number of aliphatic imine (C=N–C) groups is 1. The zero-order valence-corrected chi connectivity index (χ0v) is 12.0. The molecule has 1 aromatic rings. The van der Waals surface area contributed by atoms with Crippen molar-refractivity contribution < 1.29 is 0 Å². The molecule has 0 saturated heterocycles. The van der Waals surface area contributed by atoms with Crippen LogP contribution in [0, 0.1) is 5.92 Å². The Balaban J connectivity index is 1.98. The molecule has 100 valence electrons. The minimum absolute atomic E-state index is 0.487. The summed E-state index contributed by atoms with van der Waals surface area (Å²) in [5, 5.41) is 0. The lowest BCUT2D eigenvalue weighted by Gasteiger charge is -2.15. The third-order valence-electron chi connectivity index (χ3n) is 3.29. The van der Waals surface area contributed by atoms with Crippen LogP contribution in [0.25, 0.3) is 0 Å². The van der Waals surface area contributed by atoms with Crippen molar-refractivity contribution in [3.63, 3.8) is 0 Å². The fourth-order valence-electron chi connectivity index (χ4n) is 2.19. The van der Waals surface area contributed by atoms with Crippen LogP contribution < -0.4 is 4.90 Å². The molecule has 0 saturated carbocycles. The lowest BCUT2D eigenvalue weighted by atomic mass is 9.94. The highest BCUT2D eigenvalue weighted by atomic mass is 15.1. The molecule has 1 aliphatic rings. The summed E-state index contributed by atoms with van der Waals surface area (Å²) in [6.45, 7) is 2.91. The van der Waals surface area contributed by atoms with Crippen molar-refractivity contribution in [1.82, 2.24) is 0 Å². The fourth-order valence-corrected chi connectivity index (χ4v) is 2.19. The van der Waals surface area contributed by atoms with E-state index in [1.54, 1.807) is 0 Å². The first kappa shape index (κ1) is 13.6. The highest BCUT2D eigenvalue weighted by Gasteiger charge is 2.07. The van der Waals surface area contributed by atoms with Gasteiger partial charge in [-0.2, -0.15) is 0 Å². The molecule has 0 fully saturated rings. The molecule has 1 aliphatic carbocycles. The molecule has 0 heterocycles. The number of benzene rings is 1. The third kappa shape index (κ3) is 3.82. The lowest BCUT2D eigenvalue weighted by molar-refractivity contribution is 0.802. The summed E-state index contributed by atoms with van der Waals surface area (Å²) in [5.74, 6) is 0.487. The van der Waals surface area contributed by atoms with E-state index in [1.165, 1.54) is 11.3 Å². The first-order chi connectivity index (χ1) is 9.19. The van der Waals surface area contributed by atoms with E-state index in [2.05, 4.69) is 79.5 Å². The van der Waals surface area contributed by atoms with Gasteiger partial charge in [0, 0.05) is 26.3 Å². The summed E-state index contributed by atoms with van der Waals surface area (Å²) in [6, 6.07) is 8.78. The van der Waals surface area contributed by atoms with Crippen LogP contribution in [0.5, 0.6) is 0 Å². The predicted octanol–water partition coefficient (Wildman–Crippen LogP) is 3.50. The number of anilines is 1.